The number of aryl methyl sites for hydroxylation is 1. The van der Waals surface area contributed by atoms with Gasteiger partial charge >= 0.3 is 10.2 Å². The molecule has 6 N–H and O–H groups in total. The summed E-state index contributed by atoms with van der Waals surface area (Å²) in [6, 6.07) is 28.8. The molecule has 0 radical (unpaired) electrons. The van der Waals surface area contributed by atoms with E-state index >= 15 is 0 Å². The molecule has 0 fully saturated rings. The molecule has 2 unspecified atom stereocenters. The van der Waals surface area contributed by atoms with Crippen LogP contribution in [-0.2, 0) is 21.4 Å². The molecule has 1 heterocycles. The fourth-order valence-electron chi connectivity index (χ4n) is 4.91. The summed E-state index contributed by atoms with van der Waals surface area (Å²) in [5.74, 6) is 0. The molecule has 2 atom stereocenters. The van der Waals surface area contributed by atoms with E-state index in [0.29, 0.717) is 32.4 Å². The Balaban J connectivity index is 0.000000238. The molecule has 0 aliphatic carbocycles. The van der Waals surface area contributed by atoms with E-state index in [2.05, 4.69) is 27.7 Å². The third kappa shape index (κ3) is 8.07. The lowest BCUT2D eigenvalue weighted by atomic mass is 9.85. The predicted octanol–water partition coefficient (Wildman–Crippen LogP) is 5.50. The van der Waals surface area contributed by atoms with Crippen molar-refractivity contribution in [3.05, 3.63) is 145 Å². The van der Waals surface area contributed by atoms with E-state index in [1.165, 1.54) is 20.3 Å². The Morgan fingerprint density at radius 2 is 1.11 bits per heavy atom. The van der Waals surface area contributed by atoms with Crippen LogP contribution in [-0.4, -0.2) is 59.3 Å². The molecule has 9 nitrogen and oxygen atoms in total. The molecule has 0 bridgehead atoms. The second kappa shape index (κ2) is 15.1. The van der Waals surface area contributed by atoms with Crippen molar-refractivity contribution in [1.82, 2.24) is 13.5 Å². The van der Waals surface area contributed by atoms with Gasteiger partial charge in [0.15, 0.2) is 0 Å². The molecule has 248 valence electrons. The van der Waals surface area contributed by atoms with Gasteiger partial charge in [0, 0.05) is 46.4 Å². The second-order valence-corrected chi connectivity index (χ2v) is 15.1. The molecule has 47 heavy (non-hydrogen) atoms. The van der Waals surface area contributed by atoms with E-state index in [-0.39, 0.29) is 13.1 Å². The zero-order valence-electron chi connectivity index (χ0n) is 26.0. The van der Waals surface area contributed by atoms with E-state index in [0.717, 1.165) is 28.7 Å². The lowest BCUT2D eigenvalue weighted by Gasteiger charge is -2.28. The van der Waals surface area contributed by atoms with E-state index < -0.39 is 21.4 Å². The van der Waals surface area contributed by atoms with Gasteiger partial charge in [-0.2, -0.15) is 21.9 Å². The summed E-state index contributed by atoms with van der Waals surface area (Å²) in [6.07, 6.45) is 1.48. The smallest absolute Gasteiger partial charge is 0.322 e. The van der Waals surface area contributed by atoms with Crippen LogP contribution < -0.4 is 11.5 Å². The van der Waals surface area contributed by atoms with Gasteiger partial charge in [-0.3, -0.25) is 0 Å². The fourth-order valence-corrected chi connectivity index (χ4v) is 6.32. The van der Waals surface area contributed by atoms with E-state index in [1.807, 2.05) is 36.4 Å². The van der Waals surface area contributed by atoms with Crippen molar-refractivity contribution in [1.29, 1.82) is 0 Å². The van der Waals surface area contributed by atoms with Gasteiger partial charge in [-0.1, -0.05) is 83.9 Å². The Hall–Kier alpha value is -2.85. The minimum absolute atomic E-state index is 0.00792. The van der Waals surface area contributed by atoms with Crippen LogP contribution in [0.15, 0.2) is 103 Å². The highest BCUT2D eigenvalue weighted by molar-refractivity contribution is 14.1. The van der Waals surface area contributed by atoms with Gasteiger partial charge in [0.2, 0.25) is 0 Å². The fraction of sp³-hybridized carbons (Fsp3) is 0.206. The van der Waals surface area contributed by atoms with Crippen molar-refractivity contribution in [2.75, 3.05) is 27.2 Å². The van der Waals surface area contributed by atoms with Gasteiger partial charge in [-0.25, -0.2) is 0 Å². The number of rotatable bonds is 9. The van der Waals surface area contributed by atoms with Crippen LogP contribution in [0.2, 0.25) is 10.0 Å². The van der Waals surface area contributed by atoms with Crippen molar-refractivity contribution < 1.29 is 18.6 Å². The lowest BCUT2D eigenvalue weighted by Crippen LogP contribution is -2.36. The standard InChI is InChI=1S/C20H23ClN4O3S.C14H13ClINO/c1-14-19(12-25(23-14)29(27,28)24(2)3)15-4-6-16(7-5-15)20(26,13-22)17-8-10-18(21)11-9-17;15-12-5-1-10(2-6-12)14(18,9-17)11-3-7-13(16)8-4-11/h4-12,26H,13,22H2,1-3H3;1-8,18H,9,17H2. The molecule has 0 aliphatic rings. The van der Waals surface area contributed by atoms with Crippen LogP contribution >= 0.6 is 45.8 Å². The number of nitrogens with zero attached hydrogens (tertiary/aromatic N) is 3. The Morgan fingerprint density at radius 1 is 0.745 bits per heavy atom. The number of nitrogens with two attached hydrogens (primary N) is 2. The molecule has 5 rings (SSSR count). The first kappa shape index (κ1) is 37.0. The molecular formula is C34H36Cl2IN5O4S. The molecule has 0 amide bonds. The molecule has 0 aliphatic heterocycles. The third-order valence-corrected chi connectivity index (χ3v) is 10.6. The van der Waals surface area contributed by atoms with Crippen molar-refractivity contribution in [2.24, 2.45) is 11.5 Å². The average molecular weight is 809 g/mol. The number of halogens is 3. The summed E-state index contributed by atoms with van der Waals surface area (Å²) in [5, 5.41) is 27.3. The number of benzene rings is 4. The maximum atomic E-state index is 12.3. The Kier molecular flexibility index (Phi) is 11.9. The highest BCUT2D eigenvalue weighted by Crippen LogP contribution is 2.33. The number of aliphatic hydroxyl groups is 2. The van der Waals surface area contributed by atoms with Crippen LogP contribution in [0.5, 0.6) is 0 Å². The summed E-state index contributed by atoms with van der Waals surface area (Å²) in [7, 11) is -0.791. The van der Waals surface area contributed by atoms with Crippen molar-refractivity contribution >= 4 is 56.0 Å². The largest absolute Gasteiger partial charge is 0.379 e. The van der Waals surface area contributed by atoms with Gasteiger partial charge in [0.05, 0.1) is 11.9 Å². The second-order valence-electron chi connectivity index (χ2n) is 11.0. The van der Waals surface area contributed by atoms with Gasteiger partial charge in [0.25, 0.3) is 0 Å². The average Bonchev–Trinajstić information content (AvgIpc) is 3.47. The maximum absolute atomic E-state index is 12.3. The SMILES string of the molecule is Cc1nn(S(=O)(=O)N(C)C)cc1-c1ccc(C(O)(CN)c2ccc(Cl)cc2)cc1.NCC(O)(c1ccc(Cl)cc1)c1ccc(I)cc1. The Morgan fingerprint density at radius 3 is 1.47 bits per heavy atom. The van der Waals surface area contributed by atoms with E-state index in [1.54, 1.807) is 67.6 Å². The van der Waals surface area contributed by atoms with Crippen LogP contribution in [0.3, 0.4) is 0 Å². The van der Waals surface area contributed by atoms with E-state index in [9.17, 15) is 18.6 Å². The van der Waals surface area contributed by atoms with Gasteiger partial charge in [0.1, 0.15) is 11.2 Å². The van der Waals surface area contributed by atoms with Crippen LogP contribution in [0.4, 0.5) is 0 Å². The molecule has 1 aromatic heterocycles. The molecule has 13 heteroatoms. The topological polar surface area (TPSA) is 148 Å². The quantitative estimate of drug-likeness (QED) is 0.144. The molecule has 0 saturated heterocycles. The summed E-state index contributed by atoms with van der Waals surface area (Å²) in [4.78, 5) is 0. The number of hydrogen-bond donors (Lipinski definition) is 4. The molecule has 5 aromatic rings. The normalized spacial score (nSPS) is 14.2. The van der Waals surface area contributed by atoms with Crippen molar-refractivity contribution in [2.45, 2.75) is 18.1 Å². The Bertz CT molecular complexity index is 1860. The number of aromatic nitrogens is 2. The minimum atomic E-state index is -3.69. The van der Waals surface area contributed by atoms with E-state index in [4.69, 9.17) is 34.7 Å². The zero-order chi connectivity index (χ0) is 34.6. The summed E-state index contributed by atoms with van der Waals surface area (Å²) in [6.45, 7) is 1.86. The molecular weight excluding hydrogens is 772 g/mol. The molecule has 0 saturated carbocycles. The molecule has 0 spiro atoms. The zero-order valence-corrected chi connectivity index (χ0v) is 30.5. The summed E-state index contributed by atoms with van der Waals surface area (Å²) in [5.41, 5.74) is 14.0. The first-order chi connectivity index (χ1) is 22.1. The van der Waals surface area contributed by atoms with Crippen LogP contribution in [0.25, 0.3) is 11.1 Å². The highest BCUT2D eigenvalue weighted by Gasteiger charge is 2.31. The number of hydrogen-bond acceptors (Lipinski definition) is 7. The van der Waals surface area contributed by atoms with Crippen LogP contribution in [0.1, 0.15) is 27.9 Å². The monoisotopic (exact) mass is 807 g/mol. The van der Waals surface area contributed by atoms with Gasteiger partial charge in [-0.15, -0.1) is 0 Å². The third-order valence-electron chi connectivity index (χ3n) is 7.81. The maximum Gasteiger partial charge on any atom is 0.322 e. The molecule has 4 aromatic carbocycles. The van der Waals surface area contributed by atoms with Crippen molar-refractivity contribution in [3.63, 3.8) is 0 Å². The summed E-state index contributed by atoms with van der Waals surface area (Å²) >= 11 is 14.0. The van der Waals surface area contributed by atoms with Crippen molar-refractivity contribution in [3.8, 4) is 11.1 Å². The Labute approximate surface area is 299 Å². The lowest BCUT2D eigenvalue weighted by molar-refractivity contribution is 0.0899. The van der Waals surface area contributed by atoms with Gasteiger partial charge < -0.3 is 21.7 Å². The minimum Gasteiger partial charge on any atom is -0.379 e. The van der Waals surface area contributed by atoms with Gasteiger partial charge in [-0.05, 0) is 93.7 Å². The first-order valence-electron chi connectivity index (χ1n) is 14.4. The predicted molar refractivity (Wildman–Crippen MR) is 197 cm³/mol. The van der Waals surface area contributed by atoms with Crippen LogP contribution in [0, 0.1) is 10.5 Å². The highest BCUT2D eigenvalue weighted by atomic mass is 127. The first-order valence-corrected chi connectivity index (χ1v) is 17.6. The summed E-state index contributed by atoms with van der Waals surface area (Å²) < 4.78 is 27.8.